The lowest BCUT2D eigenvalue weighted by Gasteiger charge is -2.33. The third-order valence-electron chi connectivity index (χ3n) is 6.66. The standard InChI is InChI=1S/C25H27FN2O2/c1-15(19-4-3-5-21(25(27)29)24(19)30-2)16-6-8-17(9-7-16)20-12-13-28-23-11-10-18(26)14-22(20)23/h3-5,10-17H,6-9H2,1-2H3,(H2,27,29)/t15-,16?,17?/m1/s1. The Morgan fingerprint density at radius 2 is 1.93 bits per heavy atom. The average molecular weight is 407 g/mol. The van der Waals surface area contributed by atoms with Gasteiger partial charge < -0.3 is 10.5 Å². The van der Waals surface area contributed by atoms with Crippen molar-refractivity contribution in [3.63, 3.8) is 0 Å². The van der Waals surface area contributed by atoms with E-state index in [-0.39, 0.29) is 11.7 Å². The molecule has 0 saturated heterocycles. The van der Waals surface area contributed by atoms with Crippen LogP contribution in [0, 0.1) is 11.7 Å². The number of amides is 1. The second-order valence-electron chi connectivity index (χ2n) is 8.25. The van der Waals surface area contributed by atoms with E-state index in [9.17, 15) is 9.18 Å². The molecule has 1 amide bonds. The van der Waals surface area contributed by atoms with Gasteiger partial charge in [0.05, 0.1) is 18.2 Å². The van der Waals surface area contributed by atoms with Crippen LogP contribution in [0.15, 0.2) is 48.7 Å². The second kappa shape index (κ2) is 8.42. The topological polar surface area (TPSA) is 65.2 Å². The molecule has 156 valence electrons. The lowest BCUT2D eigenvalue weighted by molar-refractivity contribution is 0.0997. The van der Waals surface area contributed by atoms with Gasteiger partial charge in [-0.1, -0.05) is 19.1 Å². The molecule has 1 aliphatic rings. The summed E-state index contributed by atoms with van der Waals surface area (Å²) in [6.07, 6.45) is 6.04. The van der Waals surface area contributed by atoms with E-state index in [1.54, 1.807) is 25.3 Å². The van der Waals surface area contributed by atoms with Crippen LogP contribution in [0.25, 0.3) is 10.9 Å². The van der Waals surface area contributed by atoms with Crippen LogP contribution >= 0.6 is 0 Å². The number of aromatic nitrogens is 1. The van der Waals surface area contributed by atoms with Crippen LogP contribution in [-0.4, -0.2) is 18.0 Å². The third kappa shape index (κ3) is 3.76. The molecule has 1 aromatic heterocycles. The first-order valence-electron chi connectivity index (χ1n) is 10.5. The van der Waals surface area contributed by atoms with Crippen molar-refractivity contribution in [2.24, 2.45) is 11.7 Å². The van der Waals surface area contributed by atoms with Gasteiger partial charge in [0.25, 0.3) is 5.91 Å². The van der Waals surface area contributed by atoms with Crippen molar-refractivity contribution in [3.8, 4) is 5.75 Å². The Morgan fingerprint density at radius 3 is 2.63 bits per heavy atom. The molecule has 30 heavy (non-hydrogen) atoms. The van der Waals surface area contributed by atoms with E-state index in [1.807, 2.05) is 24.4 Å². The molecule has 1 atom stereocenters. The highest BCUT2D eigenvalue weighted by molar-refractivity contribution is 5.96. The zero-order valence-electron chi connectivity index (χ0n) is 17.4. The van der Waals surface area contributed by atoms with Crippen LogP contribution < -0.4 is 10.5 Å². The van der Waals surface area contributed by atoms with Crippen molar-refractivity contribution < 1.29 is 13.9 Å². The Labute approximate surface area is 176 Å². The summed E-state index contributed by atoms with van der Waals surface area (Å²) in [4.78, 5) is 16.2. The molecule has 1 saturated carbocycles. The van der Waals surface area contributed by atoms with Gasteiger partial charge in [0.1, 0.15) is 11.6 Å². The minimum atomic E-state index is -0.471. The molecular formula is C25H27FN2O2. The lowest BCUT2D eigenvalue weighted by atomic mass is 9.72. The number of carbonyl (C=O) groups excluding carboxylic acids is 1. The molecule has 1 fully saturated rings. The Kier molecular flexibility index (Phi) is 5.71. The summed E-state index contributed by atoms with van der Waals surface area (Å²) < 4.78 is 19.4. The van der Waals surface area contributed by atoms with E-state index in [2.05, 4.69) is 11.9 Å². The first-order valence-corrected chi connectivity index (χ1v) is 10.5. The maximum atomic E-state index is 13.8. The number of nitrogens with two attached hydrogens (primary N) is 1. The van der Waals surface area contributed by atoms with Crippen molar-refractivity contribution in [1.82, 2.24) is 4.98 Å². The maximum absolute atomic E-state index is 13.8. The summed E-state index contributed by atoms with van der Waals surface area (Å²) in [6, 6.07) is 12.5. The predicted molar refractivity (Wildman–Crippen MR) is 116 cm³/mol. The molecule has 4 rings (SSSR count). The number of methoxy groups -OCH3 is 1. The molecule has 4 nitrogen and oxygen atoms in total. The fourth-order valence-corrected chi connectivity index (χ4v) is 5.02. The molecular weight excluding hydrogens is 379 g/mol. The smallest absolute Gasteiger partial charge is 0.252 e. The Balaban J connectivity index is 1.54. The van der Waals surface area contributed by atoms with E-state index in [4.69, 9.17) is 10.5 Å². The molecule has 0 radical (unpaired) electrons. The molecule has 3 aromatic rings. The number of hydrogen-bond acceptors (Lipinski definition) is 3. The fraction of sp³-hybridized carbons (Fsp3) is 0.360. The molecule has 1 heterocycles. The van der Waals surface area contributed by atoms with Crippen molar-refractivity contribution >= 4 is 16.8 Å². The first kappa shape index (κ1) is 20.3. The largest absolute Gasteiger partial charge is 0.496 e. The van der Waals surface area contributed by atoms with E-state index in [1.165, 1.54) is 11.6 Å². The summed E-state index contributed by atoms with van der Waals surface area (Å²) >= 11 is 0. The minimum absolute atomic E-state index is 0.222. The van der Waals surface area contributed by atoms with Crippen molar-refractivity contribution in [2.45, 2.75) is 44.4 Å². The van der Waals surface area contributed by atoms with Gasteiger partial charge in [0.2, 0.25) is 0 Å². The fourth-order valence-electron chi connectivity index (χ4n) is 5.02. The van der Waals surface area contributed by atoms with E-state index >= 15 is 0 Å². The van der Waals surface area contributed by atoms with Crippen molar-refractivity contribution in [3.05, 3.63) is 71.2 Å². The summed E-state index contributed by atoms with van der Waals surface area (Å²) in [7, 11) is 1.59. The highest BCUT2D eigenvalue weighted by Crippen LogP contribution is 2.45. The number of hydrogen-bond donors (Lipinski definition) is 1. The van der Waals surface area contributed by atoms with Crippen LogP contribution in [0.5, 0.6) is 5.75 Å². The van der Waals surface area contributed by atoms with E-state index in [0.717, 1.165) is 42.1 Å². The second-order valence-corrected chi connectivity index (χ2v) is 8.25. The predicted octanol–water partition coefficient (Wildman–Crippen LogP) is 5.56. The Morgan fingerprint density at radius 1 is 1.17 bits per heavy atom. The number of nitrogens with zero attached hydrogens (tertiary/aromatic N) is 1. The van der Waals surface area contributed by atoms with Crippen LogP contribution in [0.1, 0.15) is 65.9 Å². The number of rotatable bonds is 5. The Bertz CT molecular complexity index is 1070. The van der Waals surface area contributed by atoms with Gasteiger partial charge in [0, 0.05) is 11.6 Å². The maximum Gasteiger partial charge on any atom is 0.252 e. The molecule has 0 bridgehead atoms. The van der Waals surface area contributed by atoms with Crippen molar-refractivity contribution in [1.29, 1.82) is 0 Å². The first-order chi connectivity index (χ1) is 14.5. The van der Waals surface area contributed by atoms with Gasteiger partial charge in [-0.2, -0.15) is 0 Å². The van der Waals surface area contributed by atoms with Gasteiger partial charge in [-0.05, 0) is 84.9 Å². The quantitative estimate of drug-likeness (QED) is 0.603. The van der Waals surface area contributed by atoms with Gasteiger partial charge in [0.15, 0.2) is 0 Å². The van der Waals surface area contributed by atoms with Crippen molar-refractivity contribution in [2.75, 3.05) is 7.11 Å². The zero-order chi connectivity index (χ0) is 21.3. The number of primary amides is 1. The number of pyridine rings is 1. The van der Waals surface area contributed by atoms with Gasteiger partial charge >= 0.3 is 0 Å². The monoisotopic (exact) mass is 406 g/mol. The van der Waals surface area contributed by atoms with E-state index in [0.29, 0.717) is 23.1 Å². The molecule has 5 heteroatoms. The SMILES string of the molecule is COc1c(C(N)=O)cccc1[C@H](C)C1CCC(c2ccnc3ccc(F)cc23)CC1. The van der Waals surface area contributed by atoms with Gasteiger partial charge in [-0.3, -0.25) is 9.78 Å². The third-order valence-corrected chi connectivity index (χ3v) is 6.66. The molecule has 2 aromatic carbocycles. The summed E-state index contributed by atoms with van der Waals surface area (Å²) in [6.45, 7) is 2.20. The summed E-state index contributed by atoms with van der Waals surface area (Å²) in [5, 5.41) is 0.921. The number of para-hydroxylation sites is 1. The van der Waals surface area contributed by atoms with Crippen LogP contribution in [0.2, 0.25) is 0 Å². The molecule has 1 aliphatic carbocycles. The number of fused-ring (bicyclic) bond motifs is 1. The van der Waals surface area contributed by atoms with Crippen LogP contribution in [0.4, 0.5) is 4.39 Å². The molecule has 0 unspecified atom stereocenters. The minimum Gasteiger partial charge on any atom is -0.496 e. The van der Waals surface area contributed by atoms with E-state index < -0.39 is 5.91 Å². The number of halogens is 1. The Hall–Kier alpha value is -2.95. The molecule has 0 spiro atoms. The van der Waals surface area contributed by atoms with Gasteiger partial charge in [-0.25, -0.2) is 4.39 Å². The lowest BCUT2D eigenvalue weighted by Crippen LogP contribution is -2.20. The van der Waals surface area contributed by atoms with Crippen LogP contribution in [-0.2, 0) is 0 Å². The van der Waals surface area contributed by atoms with Crippen LogP contribution in [0.3, 0.4) is 0 Å². The number of carbonyl (C=O) groups is 1. The number of ether oxygens (including phenoxy) is 1. The molecule has 0 aliphatic heterocycles. The highest BCUT2D eigenvalue weighted by Gasteiger charge is 2.30. The average Bonchev–Trinajstić information content (AvgIpc) is 2.77. The normalized spacial score (nSPS) is 20.1. The highest BCUT2D eigenvalue weighted by atomic mass is 19.1. The molecule has 2 N–H and O–H groups in total. The summed E-state index contributed by atoms with van der Waals surface area (Å²) in [5.74, 6) is 1.05. The summed E-state index contributed by atoms with van der Waals surface area (Å²) in [5.41, 5.74) is 9.03. The zero-order valence-corrected chi connectivity index (χ0v) is 17.4. The van der Waals surface area contributed by atoms with Gasteiger partial charge in [-0.15, -0.1) is 0 Å². The number of benzene rings is 2.